The van der Waals surface area contributed by atoms with E-state index in [2.05, 4.69) is 4.98 Å². The van der Waals surface area contributed by atoms with Crippen LogP contribution in [-0.4, -0.2) is 40.3 Å². The molecule has 0 radical (unpaired) electrons. The van der Waals surface area contributed by atoms with E-state index in [0.29, 0.717) is 31.7 Å². The van der Waals surface area contributed by atoms with Crippen LogP contribution >= 0.6 is 0 Å². The van der Waals surface area contributed by atoms with Crippen molar-refractivity contribution in [1.29, 1.82) is 0 Å². The molecule has 2 rings (SSSR count). The van der Waals surface area contributed by atoms with Crippen molar-refractivity contribution >= 4 is 6.09 Å². The van der Waals surface area contributed by atoms with Gasteiger partial charge in [-0.25, -0.2) is 9.78 Å². The SMILES string of the molecule is O=C(O)N1CCC(Oc2ccc(F)nc2)CC1. The average molecular weight is 240 g/mol. The first-order chi connectivity index (χ1) is 8.15. The molecule has 1 aromatic heterocycles. The van der Waals surface area contributed by atoms with Gasteiger partial charge in [-0.2, -0.15) is 4.39 Å². The number of ether oxygens (including phenoxy) is 1. The highest BCUT2D eigenvalue weighted by Gasteiger charge is 2.23. The summed E-state index contributed by atoms with van der Waals surface area (Å²) in [4.78, 5) is 15.5. The Bertz CT molecular complexity index is 388. The molecule has 6 heteroatoms. The zero-order chi connectivity index (χ0) is 12.3. The number of nitrogens with zero attached hydrogens (tertiary/aromatic N) is 2. The summed E-state index contributed by atoms with van der Waals surface area (Å²) in [6, 6.07) is 2.76. The lowest BCUT2D eigenvalue weighted by Crippen LogP contribution is -2.41. The molecule has 0 saturated carbocycles. The number of hydrogen-bond donors (Lipinski definition) is 1. The van der Waals surface area contributed by atoms with E-state index in [1.165, 1.54) is 23.2 Å². The van der Waals surface area contributed by atoms with Crippen LogP contribution in [0.15, 0.2) is 18.3 Å². The van der Waals surface area contributed by atoms with E-state index in [1.807, 2.05) is 0 Å². The van der Waals surface area contributed by atoms with Crippen molar-refractivity contribution < 1.29 is 19.0 Å². The molecule has 92 valence electrons. The van der Waals surface area contributed by atoms with Gasteiger partial charge in [0.1, 0.15) is 11.9 Å². The monoisotopic (exact) mass is 240 g/mol. The number of aromatic nitrogens is 1. The van der Waals surface area contributed by atoms with Crippen LogP contribution in [-0.2, 0) is 0 Å². The molecule has 1 fully saturated rings. The minimum absolute atomic E-state index is 0.0298. The lowest BCUT2D eigenvalue weighted by Gasteiger charge is -2.30. The van der Waals surface area contributed by atoms with Crippen molar-refractivity contribution in [3.8, 4) is 5.75 Å². The molecular weight excluding hydrogens is 227 g/mol. The standard InChI is InChI=1S/C11H13FN2O3/c12-10-2-1-9(7-13-10)17-8-3-5-14(6-4-8)11(15)16/h1-2,7-8H,3-6H2,(H,15,16). The van der Waals surface area contributed by atoms with Crippen molar-refractivity contribution in [2.75, 3.05) is 13.1 Å². The van der Waals surface area contributed by atoms with Gasteiger partial charge in [0.2, 0.25) is 5.95 Å². The minimum atomic E-state index is -0.896. The molecule has 1 amide bonds. The molecule has 17 heavy (non-hydrogen) atoms. The van der Waals surface area contributed by atoms with Gasteiger partial charge in [0.25, 0.3) is 0 Å². The van der Waals surface area contributed by atoms with Gasteiger partial charge in [0.15, 0.2) is 0 Å². The number of carboxylic acid groups (broad SMARTS) is 1. The summed E-state index contributed by atoms with van der Waals surface area (Å²) in [5, 5.41) is 8.78. The molecule has 5 nitrogen and oxygen atoms in total. The van der Waals surface area contributed by atoms with Crippen LogP contribution in [0.2, 0.25) is 0 Å². The maximum absolute atomic E-state index is 12.6. The first-order valence-electron chi connectivity index (χ1n) is 5.41. The maximum Gasteiger partial charge on any atom is 0.407 e. The minimum Gasteiger partial charge on any atom is -0.489 e. The second-order valence-electron chi connectivity index (χ2n) is 3.90. The molecule has 1 aromatic rings. The first-order valence-corrected chi connectivity index (χ1v) is 5.41. The van der Waals surface area contributed by atoms with E-state index in [0.717, 1.165) is 0 Å². The zero-order valence-electron chi connectivity index (χ0n) is 9.17. The largest absolute Gasteiger partial charge is 0.489 e. The van der Waals surface area contributed by atoms with Crippen LogP contribution in [0.5, 0.6) is 5.75 Å². The Hall–Kier alpha value is -1.85. The number of halogens is 1. The Balaban J connectivity index is 1.85. The molecular formula is C11H13FN2O3. The van der Waals surface area contributed by atoms with E-state index in [-0.39, 0.29) is 6.10 Å². The maximum atomic E-state index is 12.6. The van der Waals surface area contributed by atoms with Crippen molar-refractivity contribution in [1.82, 2.24) is 9.88 Å². The zero-order valence-corrected chi connectivity index (χ0v) is 9.17. The van der Waals surface area contributed by atoms with E-state index in [9.17, 15) is 9.18 Å². The summed E-state index contributed by atoms with van der Waals surface area (Å²) in [7, 11) is 0. The molecule has 0 atom stereocenters. The molecule has 0 aliphatic carbocycles. The Kier molecular flexibility index (Phi) is 3.41. The topological polar surface area (TPSA) is 62.7 Å². The predicted octanol–water partition coefficient (Wildman–Crippen LogP) is 1.74. The number of amides is 1. The van der Waals surface area contributed by atoms with Crippen molar-refractivity contribution in [2.24, 2.45) is 0 Å². The number of pyridine rings is 1. The summed E-state index contributed by atoms with van der Waals surface area (Å²) in [6.45, 7) is 0.934. The normalized spacial score (nSPS) is 16.9. The smallest absolute Gasteiger partial charge is 0.407 e. The molecule has 1 aliphatic rings. The molecule has 1 N–H and O–H groups in total. The Morgan fingerprint density at radius 1 is 1.47 bits per heavy atom. The number of likely N-dealkylation sites (tertiary alicyclic amines) is 1. The van der Waals surface area contributed by atoms with Crippen LogP contribution in [0.25, 0.3) is 0 Å². The van der Waals surface area contributed by atoms with Gasteiger partial charge in [-0.05, 0) is 12.1 Å². The highest BCUT2D eigenvalue weighted by Crippen LogP contribution is 2.18. The van der Waals surface area contributed by atoms with Gasteiger partial charge in [0, 0.05) is 25.9 Å². The van der Waals surface area contributed by atoms with Crippen LogP contribution in [0, 0.1) is 5.95 Å². The fourth-order valence-corrected chi connectivity index (χ4v) is 1.79. The van der Waals surface area contributed by atoms with Gasteiger partial charge in [0.05, 0.1) is 6.20 Å². The van der Waals surface area contributed by atoms with E-state index >= 15 is 0 Å². The Labute approximate surface area is 97.8 Å². The molecule has 1 aliphatic heterocycles. The lowest BCUT2D eigenvalue weighted by atomic mass is 10.1. The first kappa shape index (κ1) is 11.6. The van der Waals surface area contributed by atoms with Crippen molar-refractivity contribution in [3.05, 3.63) is 24.3 Å². The Morgan fingerprint density at radius 2 is 2.18 bits per heavy atom. The number of piperidine rings is 1. The lowest BCUT2D eigenvalue weighted by molar-refractivity contribution is 0.0892. The summed E-state index contributed by atoms with van der Waals surface area (Å²) >= 11 is 0. The predicted molar refractivity (Wildman–Crippen MR) is 57.4 cm³/mol. The molecule has 0 unspecified atom stereocenters. The fourth-order valence-electron chi connectivity index (χ4n) is 1.79. The fraction of sp³-hybridized carbons (Fsp3) is 0.455. The van der Waals surface area contributed by atoms with Gasteiger partial charge in [-0.3, -0.25) is 0 Å². The van der Waals surface area contributed by atoms with Gasteiger partial charge in [-0.1, -0.05) is 0 Å². The van der Waals surface area contributed by atoms with Crippen molar-refractivity contribution in [2.45, 2.75) is 18.9 Å². The van der Waals surface area contributed by atoms with Gasteiger partial charge >= 0.3 is 6.09 Å². The van der Waals surface area contributed by atoms with Crippen LogP contribution in [0.4, 0.5) is 9.18 Å². The van der Waals surface area contributed by atoms with Crippen LogP contribution < -0.4 is 4.74 Å². The molecule has 2 heterocycles. The molecule has 0 aromatic carbocycles. The summed E-state index contributed by atoms with van der Waals surface area (Å²) in [5.41, 5.74) is 0. The number of carbonyl (C=O) groups is 1. The highest BCUT2D eigenvalue weighted by atomic mass is 19.1. The summed E-state index contributed by atoms with van der Waals surface area (Å²) < 4.78 is 18.2. The third-order valence-electron chi connectivity index (χ3n) is 2.72. The Morgan fingerprint density at radius 3 is 2.71 bits per heavy atom. The highest BCUT2D eigenvalue weighted by molar-refractivity contribution is 5.65. The van der Waals surface area contributed by atoms with Crippen molar-refractivity contribution in [3.63, 3.8) is 0 Å². The second-order valence-corrected chi connectivity index (χ2v) is 3.90. The third-order valence-corrected chi connectivity index (χ3v) is 2.72. The quantitative estimate of drug-likeness (QED) is 0.800. The summed E-state index contributed by atoms with van der Waals surface area (Å²) in [5.74, 6) is -0.0294. The van der Waals surface area contributed by atoms with Crippen LogP contribution in [0.3, 0.4) is 0 Å². The molecule has 0 spiro atoms. The molecule has 1 saturated heterocycles. The number of rotatable bonds is 2. The van der Waals surface area contributed by atoms with E-state index < -0.39 is 12.0 Å². The second kappa shape index (κ2) is 4.99. The molecule has 0 bridgehead atoms. The third kappa shape index (κ3) is 3.05. The van der Waals surface area contributed by atoms with Gasteiger partial charge in [-0.15, -0.1) is 0 Å². The average Bonchev–Trinajstić information content (AvgIpc) is 2.33. The van der Waals surface area contributed by atoms with E-state index in [1.54, 1.807) is 0 Å². The summed E-state index contributed by atoms with van der Waals surface area (Å²) in [6.07, 6.45) is 1.69. The van der Waals surface area contributed by atoms with E-state index in [4.69, 9.17) is 9.84 Å². The van der Waals surface area contributed by atoms with Crippen LogP contribution in [0.1, 0.15) is 12.8 Å². The number of hydrogen-bond acceptors (Lipinski definition) is 3. The van der Waals surface area contributed by atoms with Gasteiger partial charge < -0.3 is 14.7 Å².